The Bertz CT molecular complexity index is 92.1. The van der Waals surface area contributed by atoms with Crippen molar-refractivity contribution in [3.63, 3.8) is 0 Å². The van der Waals surface area contributed by atoms with Crippen LogP contribution in [0.4, 0.5) is 0 Å². The first-order valence-corrected chi connectivity index (χ1v) is 3.26. The molecule has 0 aliphatic rings. The van der Waals surface area contributed by atoms with Crippen molar-refractivity contribution in [2.24, 2.45) is 0 Å². The summed E-state index contributed by atoms with van der Waals surface area (Å²) in [6, 6.07) is 5.72. The van der Waals surface area contributed by atoms with Crippen molar-refractivity contribution in [2.45, 2.75) is 20.3 Å². The molecule has 0 amide bonds. The molecule has 0 spiro atoms. The molecule has 1 aromatic heterocycles. The number of aromatic nitrogens is 1. The highest BCUT2D eigenvalue weighted by molar-refractivity contribution is 7.59. The van der Waals surface area contributed by atoms with E-state index in [0.29, 0.717) is 0 Å². The summed E-state index contributed by atoms with van der Waals surface area (Å²) in [6.07, 6.45) is 4.75. The molecule has 0 N–H and O–H groups in total. The lowest BCUT2D eigenvalue weighted by atomic mass is 10.5. The molecule has 0 atom stereocenters. The van der Waals surface area contributed by atoms with E-state index < -0.39 is 0 Å². The molecule has 1 nitrogen and oxygen atoms in total. The molecule has 10 heavy (non-hydrogen) atoms. The van der Waals surface area contributed by atoms with Crippen LogP contribution in [0.5, 0.6) is 0 Å². The molecule has 0 aliphatic heterocycles. The summed E-state index contributed by atoms with van der Waals surface area (Å²) in [4.78, 5) is 3.78. The lowest BCUT2D eigenvalue weighted by molar-refractivity contribution is 1.09. The second kappa shape index (κ2) is 11.3. The summed E-state index contributed by atoms with van der Waals surface area (Å²) in [7, 11) is 0. The molecule has 0 saturated carbocycles. The highest BCUT2D eigenvalue weighted by Gasteiger charge is 1.58. The predicted octanol–water partition coefficient (Wildman–Crippen LogP) is 2.61. The fourth-order valence-corrected chi connectivity index (χ4v) is 0.313. The predicted molar refractivity (Wildman–Crippen MR) is 50.6 cm³/mol. The molecule has 0 aliphatic carbocycles. The van der Waals surface area contributed by atoms with Gasteiger partial charge in [0.2, 0.25) is 0 Å². The van der Waals surface area contributed by atoms with Gasteiger partial charge in [0, 0.05) is 12.4 Å². The zero-order valence-corrected chi connectivity index (χ0v) is 7.54. The lowest BCUT2D eigenvalue weighted by Gasteiger charge is -1.70. The summed E-state index contributed by atoms with van der Waals surface area (Å²) in [5.41, 5.74) is 0. The average Bonchev–Trinajstić information content (AvgIpc) is 1.93. The van der Waals surface area contributed by atoms with Gasteiger partial charge in [0.15, 0.2) is 0 Å². The van der Waals surface area contributed by atoms with E-state index in [1.165, 1.54) is 6.42 Å². The first-order valence-electron chi connectivity index (χ1n) is 3.26. The van der Waals surface area contributed by atoms with Crippen LogP contribution in [-0.2, 0) is 0 Å². The van der Waals surface area contributed by atoms with Crippen LogP contribution in [-0.4, -0.2) is 4.98 Å². The van der Waals surface area contributed by atoms with Crippen molar-refractivity contribution in [1.29, 1.82) is 0 Å². The quantitative estimate of drug-likeness (QED) is 0.564. The maximum atomic E-state index is 3.78. The van der Waals surface area contributed by atoms with Gasteiger partial charge in [0.25, 0.3) is 0 Å². The van der Waals surface area contributed by atoms with Crippen molar-refractivity contribution < 1.29 is 0 Å². The SMILES string of the molecule is CCC.S.c1ccncc1. The summed E-state index contributed by atoms with van der Waals surface area (Å²) in [5.74, 6) is 0. The molecular formula is C8H15NS. The lowest BCUT2D eigenvalue weighted by Crippen LogP contribution is -1.58. The van der Waals surface area contributed by atoms with Gasteiger partial charge in [-0.05, 0) is 12.1 Å². The van der Waals surface area contributed by atoms with Crippen molar-refractivity contribution in [1.82, 2.24) is 4.98 Å². The molecular weight excluding hydrogens is 142 g/mol. The highest BCUT2D eigenvalue weighted by Crippen LogP contribution is 1.73. The highest BCUT2D eigenvalue weighted by atomic mass is 32.1. The monoisotopic (exact) mass is 157 g/mol. The van der Waals surface area contributed by atoms with Gasteiger partial charge in [-0.15, -0.1) is 0 Å². The Labute approximate surface area is 69.9 Å². The second-order valence-corrected chi connectivity index (χ2v) is 1.73. The zero-order valence-electron chi connectivity index (χ0n) is 6.54. The number of rotatable bonds is 0. The Balaban J connectivity index is 0. The van der Waals surface area contributed by atoms with E-state index in [1.54, 1.807) is 12.4 Å². The third-order valence-electron chi connectivity index (χ3n) is 0.566. The topological polar surface area (TPSA) is 12.9 Å². The first-order chi connectivity index (χ1) is 4.41. The molecule has 0 fully saturated rings. The Morgan fingerprint density at radius 3 is 1.50 bits per heavy atom. The van der Waals surface area contributed by atoms with Crippen molar-refractivity contribution in [3.8, 4) is 0 Å². The van der Waals surface area contributed by atoms with Gasteiger partial charge in [-0.25, -0.2) is 0 Å². The fourth-order valence-electron chi connectivity index (χ4n) is 0.313. The van der Waals surface area contributed by atoms with Crippen LogP contribution in [0.25, 0.3) is 0 Å². The minimum absolute atomic E-state index is 0. The molecule has 0 bridgehead atoms. The van der Waals surface area contributed by atoms with Crippen LogP contribution in [0.15, 0.2) is 30.6 Å². The average molecular weight is 157 g/mol. The number of pyridine rings is 1. The van der Waals surface area contributed by atoms with E-state index in [4.69, 9.17) is 0 Å². The number of nitrogens with zero attached hydrogens (tertiary/aromatic N) is 1. The Hall–Kier alpha value is -0.500. The molecule has 1 aromatic rings. The van der Waals surface area contributed by atoms with Crippen LogP contribution in [0.2, 0.25) is 0 Å². The third kappa shape index (κ3) is 10.5. The van der Waals surface area contributed by atoms with Crippen molar-refractivity contribution >= 4 is 13.5 Å². The molecule has 0 aromatic carbocycles. The van der Waals surface area contributed by atoms with Gasteiger partial charge in [0.1, 0.15) is 0 Å². The van der Waals surface area contributed by atoms with Crippen molar-refractivity contribution in [3.05, 3.63) is 30.6 Å². The first kappa shape index (κ1) is 12.2. The Morgan fingerprint density at radius 1 is 1.00 bits per heavy atom. The molecule has 58 valence electrons. The maximum Gasteiger partial charge on any atom is 0.0267 e. The smallest absolute Gasteiger partial charge is 0.0267 e. The molecule has 2 heteroatoms. The van der Waals surface area contributed by atoms with Gasteiger partial charge in [-0.3, -0.25) is 4.98 Å². The largest absolute Gasteiger partial charge is 0.265 e. The fraction of sp³-hybridized carbons (Fsp3) is 0.375. The van der Waals surface area contributed by atoms with E-state index in [9.17, 15) is 0 Å². The molecule has 1 rings (SSSR count). The summed E-state index contributed by atoms with van der Waals surface area (Å²) in [5, 5.41) is 0. The maximum absolute atomic E-state index is 3.78. The number of hydrogen-bond acceptors (Lipinski definition) is 1. The van der Waals surface area contributed by atoms with E-state index in [2.05, 4.69) is 18.8 Å². The van der Waals surface area contributed by atoms with Crippen LogP contribution in [0, 0.1) is 0 Å². The van der Waals surface area contributed by atoms with Gasteiger partial charge in [-0.2, -0.15) is 13.5 Å². The second-order valence-electron chi connectivity index (χ2n) is 1.73. The summed E-state index contributed by atoms with van der Waals surface area (Å²) >= 11 is 0. The summed E-state index contributed by atoms with van der Waals surface area (Å²) < 4.78 is 0. The summed E-state index contributed by atoms with van der Waals surface area (Å²) in [6.45, 7) is 4.25. The normalized spacial score (nSPS) is 6.60. The third-order valence-corrected chi connectivity index (χ3v) is 0.566. The van der Waals surface area contributed by atoms with E-state index in [0.717, 1.165) is 0 Å². The van der Waals surface area contributed by atoms with E-state index in [-0.39, 0.29) is 13.5 Å². The van der Waals surface area contributed by atoms with Gasteiger partial charge in [-0.1, -0.05) is 26.3 Å². The molecule has 0 saturated heterocycles. The van der Waals surface area contributed by atoms with Crippen LogP contribution in [0.3, 0.4) is 0 Å². The molecule has 0 unspecified atom stereocenters. The van der Waals surface area contributed by atoms with Gasteiger partial charge >= 0.3 is 0 Å². The van der Waals surface area contributed by atoms with Gasteiger partial charge in [0.05, 0.1) is 0 Å². The zero-order chi connectivity index (χ0) is 6.95. The number of hydrogen-bond donors (Lipinski definition) is 0. The Morgan fingerprint density at radius 2 is 1.40 bits per heavy atom. The van der Waals surface area contributed by atoms with Crippen LogP contribution >= 0.6 is 13.5 Å². The molecule has 1 heterocycles. The Kier molecular flexibility index (Phi) is 13.8. The van der Waals surface area contributed by atoms with E-state index >= 15 is 0 Å². The van der Waals surface area contributed by atoms with E-state index in [1.807, 2.05) is 18.2 Å². The van der Waals surface area contributed by atoms with Crippen LogP contribution in [0.1, 0.15) is 20.3 Å². The van der Waals surface area contributed by atoms with Gasteiger partial charge < -0.3 is 0 Å². The van der Waals surface area contributed by atoms with Crippen molar-refractivity contribution in [2.75, 3.05) is 0 Å². The molecule has 0 radical (unpaired) electrons. The standard InChI is InChI=1S/C5H5N.C3H8.H2S/c1-2-4-6-5-3-1;1-3-2;/h1-5H;3H2,1-2H3;1H2. The minimum atomic E-state index is 0. The minimum Gasteiger partial charge on any atom is -0.265 e. The van der Waals surface area contributed by atoms with Crippen LogP contribution < -0.4 is 0 Å².